The molecule has 5 heteroatoms. The zero-order chi connectivity index (χ0) is 14.7. The second-order valence-electron chi connectivity index (χ2n) is 5.32. The lowest BCUT2D eigenvalue weighted by Gasteiger charge is -2.14. The summed E-state index contributed by atoms with van der Waals surface area (Å²) in [4.78, 5) is 16.8. The van der Waals surface area contributed by atoms with E-state index in [1.807, 2.05) is 29.7 Å². The van der Waals surface area contributed by atoms with Gasteiger partial charge in [0.15, 0.2) is 0 Å². The third kappa shape index (κ3) is 2.82. The van der Waals surface area contributed by atoms with E-state index in [2.05, 4.69) is 19.0 Å². The highest BCUT2D eigenvalue weighted by molar-refractivity contribution is 5.86. The highest BCUT2D eigenvalue weighted by Crippen LogP contribution is 2.14. The van der Waals surface area contributed by atoms with Crippen LogP contribution < -0.4 is 10.0 Å². The van der Waals surface area contributed by atoms with Gasteiger partial charge >= 0.3 is 0 Å². The number of quaternary nitrogens is 1. The number of unbranched alkanes of at least 4 members (excludes halogenated alkanes) is 1. The Morgan fingerprint density at radius 2 is 2.25 bits per heavy atom. The predicted molar refractivity (Wildman–Crippen MR) is 74.6 cm³/mol. The summed E-state index contributed by atoms with van der Waals surface area (Å²) in [7, 11) is 2.07. The molecule has 2 aromatic rings. The summed E-state index contributed by atoms with van der Waals surface area (Å²) in [6.45, 7) is 5.73. The Bertz CT molecular complexity index is 619. The van der Waals surface area contributed by atoms with Crippen molar-refractivity contribution in [3.05, 3.63) is 35.3 Å². The molecule has 0 aromatic carbocycles. The number of nitrogens with zero attached hydrogens (tertiary/aromatic N) is 2. The minimum absolute atomic E-state index is 0.0650. The van der Waals surface area contributed by atoms with Crippen LogP contribution in [0.15, 0.2) is 18.3 Å². The lowest BCUT2D eigenvalue weighted by molar-refractivity contribution is -0.894. The first-order valence-electron chi connectivity index (χ1n) is 7.03. The van der Waals surface area contributed by atoms with Gasteiger partial charge in [0.25, 0.3) is 0 Å². The van der Waals surface area contributed by atoms with Crippen LogP contribution in [0.1, 0.15) is 41.5 Å². The molecule has 1 unspecified atom stereocenters. The smallest absolute Gasteiger partial charge is 0.140 e. The van der Waals surface area contributed by atoms with Gasteiger partial charge in [-0.15, -0.1) is 0 Å². The standard InChI is InChI=1S/C15H21N3O2/c1-4-5-8-17(3)10-12-13(15(19)20)16-14-11(2)7-6-9-18(12)14/h6-7,9H,4-5,8,10H2,1-3H3,(H,19,20). The van der Waals surface area contributed by atoms with Crippen molar-refractivity contribution < 1.29 is 14.8 Å². The van der Waals surface area contributed by atoms with Gasteiger partial charge in [0, 0.05) is 6.20 Å². The van der Waals surface area contributed by atoms with Crippen LogP contribution in [0.5, 0.6) is 0 Å². The molecule has 0 bridgehead atoms. The number of carbonyl (C=O) groups is 1. The highest BCUT2D eigenvalue weighted by Gasteiger charge is 2.17. The van der Waals surface area contributed by atoms with Gasteiger partial charge in [-0.25, -0.2) is 4.98 Å². The molecule has 20 heavy (non-hydrogen) atoms. The minimum atomic E-state index is -1.20. The summed E-state index contributed by atoms with van der Waals surface area (Å²) < 4.78 is 1.87. The number of carbonyl (C=O) groups excluding carboxylic acids is 1. The molecule has 0 amide bonds. The van der Waals surface area contributed by atoms with E-state index in [0.717, 1.165) is 30.6 Å². The number of fused-ring (bicyclic) bond motifs is 1. The van der Waals surface area contributed by atoms with E-state index in [4.69, 9.17) is 0 Å². The van der Waals surface area contributed by atoms with E-state index >= 15 is 0 Å². The summed E-state index contributed by atoms with van der Waals surface area (Å²) in [5.41, 5.74) is 2.45. The Hall–Kier alpha value is -1.88. The van der Waals surface area contributed by atoms with Crippen molar-refractivity contribution in [1.82, 2.24) is 9.38 Å². The molecule has 0 aliphatic rings. The number of imidazole rings is 1. The minimum Gasteiger partial charge on any atom is -0.543 e. The first-order valence-corrected chi connectivity index (χ1v) is 7.03. The quantitative estimate of drug-likeness (QED) is 0.795. The van der Waals surface area contributed by atoms with Crippen LogP contribution in [0, 0.1) is 6.92 Å². The zero-order valence-electron chi connectivity index (χ0n) is 12.3. The molecule has 1 atom stereocenters. The summed E-state index contributed by atoms with van der Waals surface area (Å²) >= 11 is 0. The van der Waals surface area contributed by atoms with E-state index in [1.165, 1.54) is 4.90 Å². The molecule has 0 fully saturated rings. The van der Waals surface area contributed by atoms with Crippen LogP contribution in [0.2, 0.25) is 0 Å². The van der Waals surface area contributed by atoms with E-state index < -0.39 is 5.97 Å². The maximum atomic E-state index is 11.3. The van der Waals surface area contributed by atoms with Gasteiger partial charge < -0.3 is 14.8 Å². The molecule has 2 heterocycles. The Morgan fingerprint density at radius 3 is 2.90 bits per heavy atom. The monoisotopic (exact) mass is 275 g/mol. The van der Waals surface area contributed by atoms with Gasteiger partial charge in [0.05, 0.1) is 19.6 Å². The van der Waals surface area contributed by atoms with E-state index in [-0.39, 0.29) is 5.69 Å². The number of carboxylic acid groups (broad SMARTS) is 1. The lowest BCUT2D eigenvalue weighted by atomic mass is 10.2. The average molecular weight is 275 g/mol. The second-order valence-corrected chi connectivity index (χ2v) is 5.32. The molecule has 0 spiro atoms. The number of hydrogen-bond donors (Lipinski definition) is 1. The first-order chi connectivity index (χ1) is 9.54. The van der Waals surface area contributed by atoms with Crippen LogP contribution >= 0.6 is 0 Å². The van der Waals surface area contributed by atoms with E-state index in [9.17, 15) is 9.90 Å². The largest absolute Gasteiger partial charge is 0.543 e. The molecule has 0 aliphatic heterocycles. The molecule has 5 nitrogen and oxygen atoms in total. The number of pyridine rings is 1. The number of aryl methyl sites for hydroxylation is 1. The van der Waals surface area contributed by atoms with Crippen molar-refractivity contribution >= 4 is 11.6 Å². The SMILES string of the molecule is CCCC[NH+](C)Cc1c(C(=O)[O-])nc2c(C)cccn12. The third-order valence-corrected chi connectivity index (χ3v) is 3.56. The van der Waals surface area contributed by atoms with Crippen molar-refractivity contribution in [3.63, 3.8) is 0 Å². The van der Waals surface area contributed by atoms with Crippen molar-refractivity contribution in [2.75, 3.05) is 13.6 Å². The molecular weight excluding hydrogens is 254 g/mol. The summed E-state index contributed by atoms with van der Waals surface area (Å²) in [6.07, 6.45) is 4.13. The summed E-state index contributed by atoms with van der Waals surface area (Å²) in [5, 5.41) is 11.3. The molecule has 0 saturated carbocycles. The molecule has 1 N–H and O–H groups in total. The van der Waals surface area contributed by atoms with Gasteiger partial charge in [-0.2, -0.15) is 0 Å². The molecule has 2 aromatic heterocycles. The van der Waals surface area contributed by atoms with Crippen LogP contribution in [0.3, 0.4) is 0 Å². The van der Waals surface area contributed by atoms with Gasteiger partial charge in [0.2, 0.25) is 0 Å². The molecule has 0 aliphatic carbocycles. The molecule has 0 saturated heterocycles. The van der Waals surface area contributed by atoms with Gasteiger partial charge in [0.1, 0.15) is 23.6 Å². The third-order valence-electron chi connectivity index (χ3n) is 3.56. The zero-order valence-corrected chi connectivity index (χ0v) is 12.3. The van der Waals surface area contributed by atoms with E-state index in [1.54, 1.807) is 0 Å². The van der Waals surface area contributed by atoms with E-state index in [0.29, 0.717) is 12.2 Å². The topological polar surface area (TPSA) is 61.9 Å². The second kappa shape index (κ2) is 6.05. The Morgan fingerprint density at radius 1 is 1.50 bits per heavy atom. The molecular formula is C15H21N3O2. The van der Waals surface area contributed by atoms with Crippen molar-refractivity contribution in [2.45, 2.75) is 33.2 Å². The van der Waals surface area contributed by atoms with Crippen molar-refractivity contribution in [2.24, 2.45) is 0 Å². The fourth-order valence-electron chi connectivity index (χ4n) is 2.44. The number of hydrogen-bond acceptors (Lipinski definition) is 3. The fourth-order valence-corrected chi connectivity index (χ4v) is 2.44. The Balaban J connectivity index is 2.41. The van der Waals surface area contributed by atoms with Crippen molar-refractivity contribution in [3.8, 4) is 0 Å². The van der Waals surface area contributed by atoms with Gasteiger partial charge in [-0.3, -0.25) is 4.40 Å². The fraction of sp³-hybridized carbons (Fsp3) is 0.467. The molecule has 0 radical (unpaired) electrons. The highest BCUT2D eigenvalue weighted by atomic mass is 16.4. The Labute approximate surface area is 118 Å². The maximum absolute atomic E-state index is 11.3. The first kappa shape index (κ1) is 14.5. The number of carboxylic acids is 1. The van der Waals surface area contributed by atoms with Gasteiger partial charge in [-0.05, 0) is 25.0 Å². The van der Waals surface area contributed by atoms with Crippen LogP contribution in [-0.2, 0) is 6.54 Å². The number of rotatable bonds is 6. The summed E-state index contributed by atoms with van der Waals surface area (Å²) in [6, 6.07) is 3.84. The van der Waals surface area contributed by atoms with Crippen LogP contribution in [-0.4, -0.2) is 28.9 Å². The maximum Gasteiger partial charge on any atom is 0.140 e. The average Bonchev–Trinajstić information content (AvgIpc) is 2.77. The van der Waals surface area contributed by atoms with Crippen LogP contribution in [0.25, 0.3) is 5.65 Å². The number of aromatic carboxylic acids is 1. The van der Waals surface area contributed by atoms with Crippen LogP contribution in [0.4, 0.5) is 0 Å². The normalized spacial score (nSPS) is 12.8. The molecule has 2 rings (SSSR count). The number of aromatic nitrogens is 2. The molecule has 108 valence electrons. The Kier molecular flexibility index (Phi) is 4.39. The lowest BCUT2D eigenvalue weighted by Crippen LogP contribution is -3.07. The van der Waals surface area contributed by atoms with Gasteiger partial charge in [-0.1, -0.05) is 19.4 Å². The predicted octanol–water partition coefficient (Wildman–Crippen LogP) is -0.179. The summed E-state index contributed by atoms with van der Waals surface area (Å²) in [5.74, 6) is -1.20. The van der Waals surface area contributed by atoms with Crippen molar-refractivity contribution in [1.29, 1.82) is 0 Å². The number of nitrogens with one attached hydrogen (secondary N) is 1.